The van der Waals surface area contributed by atoms with Crippen molar-refractivity contribution >= 4 is 33.5 Å². The van der Waals surface area contributed by atoms with E-state index in [1.807, 2.05) is 0 Å². The Morgan fingerprint density at radius 2 is 2.25 bits per heavy atom. The number of hydrogen-bond acceptors (Lipinski definition) is 6. The molecule has 1 aromatic carbocycles. The van der Waals surface area contributed by atoms with Gasteiger partial charge in [0.1, 0.15) is 11.5 Å². The first-order valence-electron chi connectivity index (χ1n) is 5.44. The summed E-state index contributed by atoms with van der Waals surface area (Å²) in [5, 5.41) is 5.05. The van der Waals surface area contributed by atoms with E-state index in [4.69, 9.17) is 21.5 Å². The largest absolute Gasteiger partial charge is 0.475 e. The number of nitrogens with two attached hydrogens (primary N) is 1. The van der Waals surface area contributed by atoms with Crippen LogP contribution in [0, 0.1) is 0 Å². The van der Waals surface area contributed by atoms with Crippen LogP contribution < -0.4 is 5.14 Å². The SMILES string of the molecule is COC(=O)C1COC(c2ccc(Cl)c(S(N)(=O)=O)c2)=N1. The second-order valence-electron chi connectivity index (χ2n) is 3.97. The first-order chi connectivity index (χ1) is 9.32. The number of sulfonamides is 1. The number of benzene rings is 1. The van der Waals surface area contributed by atoms with Gasteiger partial charge in [-0.3, -0.25) is 0 Å². The van der Waals surface area contributed by atoms with Crippen LogP contribution in [0.2, 0.25) is 5.02 Å². The van der Waals surface area contributed by atoms with E-state index < -0.39 is 22.0 Å². The van der Waals surface area contributed by atoms with Crippen LogP contribution in [0.3, 0.4) is 0 Å². The summed E-state index contributed by atoms with van der Waals surface area (Å²) in [6.07, 6.45) is 0. The number of hydrogen-bond donors (Lipinski definition) is 1. The maximum atomic E-state index is 11.4. The predicted molar refractivity (Wildman–Crippen MR) is 71.1 cm³/mol. The first-order valence-corrected chi connectivity index (χ1v) is 7.36. The smallest absolute Gasteiger partial charge is 0.334 e. The summed E-state index contributed by atoms with van der Waals surface area (Å²) < 4.78 is 32.6. The minimum atomic E-state index is -3.95. The van der Waals surface area contributed by atoms with Crippen LogP contribution in [0.1, 0.15) is 5.56 Å². The third-order valence-corrected chi connectivity index (χ3v) is 4.00. The summed E-state index contributed by atoms with van der Waals surface area (Å²) in [4.78, 5) is 15.1. The van der Waals surface area contributed by atoms with Gasteiger partial charge in [-0.1, -0.05) is 11.6 Å². The summed E-state index contributed by atoms with van der Waals surface area (Å²) in [5.41, 5.74) is 0.366. The van der Waals surface area contributed by atoms with E-state index >= 15 is 0 Å². The van der Waals surface area contributed by atoms with E-state index in [9.17, 15) is 13.2 Å². The van der Waals surface area contributed by atoms with Crippen molar-refractivity contribution in [1.29, 1.82) is 0 Å². The molecule has 20 heavy (non-hydrogen) atoms. The molecule has 1 atom stereocenters. The van der Waals surface area contributed by atoms with Crippen LogP contribution in [0.4, 0.5) is 0 Å². The Bertz CT molecular complexity index is 686. The Morgan fingerprint density at radius 3 is 2.85 bits per heavy atom. The number of aliphatic imine (C=N–C) groups is 1. The molecule has 0 saturated carbocycles. The Morgan fingerprint density at radius 1 is 1.55 bits per heavy atom. The van der Waals surface area contributed by atoms with Gasteiger partial charge in [0.25, 0.3) is 0 Å². The summed E-state index contributed by atoms with van der Waals surface area (Å²) in [7, 11) is -2.71. The molecule has 1 aromatic rings. The number of rotatable bonds is 3. The molecule has 1 heterocycles. The molecule has 0 amide bonds. The molecule has 1 unspecified atom stereocenters. The lowest BCUT2D eigenvalue weighted by molar-refractivity contribution is -0.142. The minimum Gasteiger partial charge on any atom is -0.475 e. The summed E-state index contributed by atoms with van der Waals surface area (Å²) >= 11 is 5.78. The molecule has 2 rings (SSSR count). The summed E-state index contributed by atoms with van der Waals surface area (Å²) in [5.74, 6) is -0.386. The maximum absolute atomic E-state index is 11.4. The van der Waals surface area contributed by atoms with Crippen LogP contribution in [0.5, 0.6) is 0 Å². The average molecular weight is 319 g/mol. The zero-order valence-electron chi connectivity index (χ0n) is 10.4. The van der Waals surface area contributed by atoms with Gasteiger partial charge < -0.3 is 9.47 Å². The molecule has 1 aliphatic rings. The van der Waals surface area contributed by atoms with E-state index in [0.717, 1.165) is 0 Å². The maximum Gasteiger partial charge on any atom is 0.334 e. The van der Waals surface area contributed by atoms with E-state index in [0.29, 0.717) is 5.56 Å². The van der Waals surface area contributed by atoms with Gasteiger partial charge in [0, 0.05) is 5.56 Å². The van der Waals surface area contributed by atoms with Crippen LogP contribution in [0.15, 0.2) is 28.1 Å². The molecule has 0 saturated heterocycles. The normalized spacial score (nSPS) is 18.4. The highest BCUT2D eigenvalue weighted by Crippen LogP contribution is 2.23. The minimum absolute atomic E-state index is 0.000588. The number of ether oxygens (including phenoxy) is 2. The van der Waals surface area contributed by atoms with Crippen molar-refractivity contribution in [1.82, 2.24) is 0 Å². The molecule has 1 aliphatic heterocycles. The number of carbonyl (C=O) groups is 1. The van der Waals surface area contributed by atoms with E-state index in [1.54, 1.807) is 0 Å². The van der Waals surface area contributed by atoms with Crippen LogP contribution in [-0.4, -0.2) is 40.0 Å². The van der Waals surface area contributed by atoms with E-state index in [1.165, 1.54) is 25.3 Å². The highest BCUT2D eigenvalue weighted by atomic mass is 35.5. The fourth-order valence-corrected chi connectivity index (χ4v) is 2.71. The highest BCUT2D eigenvalue weighted by molar-refractivity contribution is 7.89. The molecule has 0 aliphatic carbocycles. The Balaban J connectivity index is 2.38. The van der Waals surface area contributed by atoms with Gasteiger partial charge in [0.15, 0.2) is 6.04 Å². The zero-order chi connectivity index (χ0) is 14.9. The standard InChI is InChI=1S/C11H11ClN2O5S/c1-18-11(15)8-5-19-10(14-8)6-2-3-7(12)9(4-6)20(13,16)17/h2-4,8H,5H2,1H3,(H2,13,16,17). The second-order valence-corrected chi connectivity index (χ2v) is 5.91. The van der Waals surface area contributed by atoms with Gasteiger partial charge in [-0.25, -0.2) is 23.3 Å². The number of esters is 1. The lowest BCUT2D eigenvalue weighted by atomic mass is 10.2. The molecule has 0 radical (unpaired) electrons. The van der Waals surface area contributed by atoms with Gasteiger partial charge in [0.2, 0.25) is 15.9 Å². The number of nitrogens with zero attached hydrogens (tertiary/aromatic N) is 1. The van der Waals surface area contributed by atoms with Crippen molar-refractivity contribution < 1.29 is 22.7 Å². The molecule has 0 spiro atoms. The molecule has 0 bridgehead atoms. The van der Waals surface area contributed by atoms with Crippen LogP contribution in [0.25, 0.3) is 0 Å². The van der Waals surface area contributed by atoms with Crippen LogP contribution >= 0.6 is 11.6 Å². The van der Waals surface area contributed by atoms with Crippen molar-refractivity contribution in [2.45, 2.75) is 10.9 Å². The Hall–Kier alpha value is -1.64. The highest BCUT2D eigenvalue weighted by Gasteiger charge is 2.28. The van der Waals surface area contributed by atoms with Gasteiger partial charge in [-0.2, -0.15) is 0 Å². The second kappa shape index (κ2) is 5.39. The zero-order valence-corrected chi connectivity index (χ0v) is 11.9. The predicted octanol–water partition coefficient (Wildman–Crippen LogP) is 0.306. The van der Waals surface area contributed by atoms with Gasteiger partial charge in [0.05, 0.1) is 12.1 Å². The third kappa shape index (κ3) is 2.92. The molecule has 0 aromatic heterocycles. The molecule has 9 heteroatoms. The Labute approximate surface area is 120 Å². The van der Waals surface area contributed by atoms with E-state index in [-0.39, 0.29) is 22.4 Å². The quantitative estimate of drug-likeness (QED) is 0.807. The molecule has 2 N–H and O–H groups in total. The third-order valence-electron chi connectivity index (χ3n) is 2.61. The molecular formula is C11H11ClN2O5S. The van der Waals surface area contributed by atoms with Crippen molar-refractivity contribution in [2.24, 2.45) is 10.1 Å². The number of carbonyl (C=O) groups excluding carboxylic acids is 1. The molecule has 0 fully saturated rings. The molecule has 7 nitrogen and oxygen atoms in total. The topological polar surface area (TPSA) is 108 Å². The van der Waals surface area contributed by atoms with Gasteiger partial charge in [-0.05, 0) is 18.2 Å². The lowest BCUT2D eigenvalue weighted by Gasteiger charge is -2.05. The van der Waals surface area contributed by atoms with Gasteiger partial charge in [-0.15, -0.1) is 0 Å². The summed E-state index contributed by atoms with van der Waals surface area (Å²) in [6, 6.07) is 3.38. The van der Waals surface area contributed by atoms with Gasteiger partial charge >= 0.3 is 5.97 Å². The van der Waals surface area contributed by atoms with E-state index in [2.05, 4.69) is 9.73 Å². The van der Waals surface area contributed by atoms with Crippen molar-refractivity contribution in [2.75, 3.05) is 13.7 Å². The molecular weight excluding hydrogens is 308 g/mol. The summed E-state index contributed by atoms with van der Waals surface area (Å²) in [6.45, 7) is 0.0370. The fourth-order valence-electron chi connectivity index (χ4n) is 1.64. The fraction of sp³-hybridized carbons (Fsp3) is 0.273. The lowest BCUT2D eigenvalue weighted by Crippen LogP contribution is -2.21. The first kappa shape index (κ1) is 14.8. The van der Waals surface area contributed by atoms with Crippen molar-refractivity contribution in [3.05, 3.63) is 28.8 Å². The molecule has 108 valence electrons. The number of methoxy groups -OCH3 is 1. The van der Waals surface area contributed by atoms with Crippen molar-refractivity contribution in [3.63, 3.8) is 0 Å². The average Bonchev–Trinajstić information content (AvgIpc) is 2.86. The number of primary sulfonamides is 1. The van der Waals surface area contributed by atoms with Crippen LogP contribution in [-0.2, 0) is 24.3 Å². The van der Waals surface area contributed by atoms with Crippen molar-refractivity contribution in [3.8, 4) is 0 Å². The Kier molecular flexibility index (Phi) is 3.98. The number of halogens is 1. The monoisotopic (exact) mass is 318 g/mol.